The van der Waals surface area contributed by atoms with Crippen LogP contribution in [-0.4, -0.2) is 55.5 Å². The Morgan fingerprint density at radius 2 is 1.87 bits per heavy atom. The zero-order valence-corrected chi connectivity index (χ0v) is 18.3. The fourth-order valence-corrected chi connectivity index (χ4v) is 4.18. The van der Waals surface area contributed by atoms with E-state index in [9.17, 15) is 4.79 Å². The van der Waals surface area contributed by atoms with Gasteiger partial charge in [-0.25, -0.2) is 24.6 Å². The van der Waals surface area contributed by atoms with Crippen LogP contribution in [0.5, 0.6) is 17.2 Å². The van der Waals surface area contributed by atoms with Crippen LogP contribution in [0.4, 0.5) is 21.6 Å². The molecule has 31 heavy (non-hydrogen) atoms. The summed E-state index contributed by atoms with van der Waals surface area (Å²) in [6.45, 7) is 2.73. The van der Waals surface area contributed by atoms with Gasteiger partial charge in [0.25, 0.3) is 0 Å². The molecule has 0 unspecified atom stereocenters. The summed E-state index contributed by atoms with van der Waals surface area (Å²) in [5.74, 6) is 1.92. The number of ether oxygens (including phenoxy) is 4. The number of benzene rings is 1. The maximum atomic E-state index is 11.8. The van der Waals surface area contributed by atoms with Crippen LogP contribution >= 0.6 is 11.3 Å². The number of thiazole rings is 1. The molecule has 1 aliphatic rings. The predicted molar refractivity (Wildman–Crippen MR) is 116 cm³/mol. The van der Waals surface area contributed by atoms with Gasteiger partial charge in [0.15, 0.2) is 16.6 Å². The molecule has 0 bridgehead atoms. The first-order valence-electron chi connectivity index (χ1n) is 9.36. The number of hydrogen-bond acceptors (Lipinski definition) is 10. The molecule has 0 aliphatic carbocycles. The fraction of sp³-hybridized carbons (Fsp3) is 0.300. The molecule has 1 fully saturated rings. The number of aromatic nitrogens is 3. The molecule has 0 atom stereocenters. The highest BCUT2D eigenvalue weighted by Crippen LogP contribution is 2.40. The summed E-state index contributed by atoms with van der Waals surface area (Å²) in [5, 5.41) is 3.76. The molecular weight excluding hydrogens is 422 g/mol. The lowest BCUT2D eigenvalue weighted by Crippen LogP contribution is -2.22. The van der Waals surface area contributed by atoms with E-state index in [1.807, 2.05) is 6.92 Å². The average molecular weight is 443 g/mol. The van der Waals surface area contributed by atoms with Gasteiger partial charge in [0.2, 0.25) is 11.7 Å². The van der Waals surface area contributed by atoms with Gasteiger partial charge in [-0.1, -0.05) is 11.3 Å². The molecule has 1 saturated heterocycles. The van der Waals surface area contributed by atoms with Crippen molar-refractivity contribution in [2.75, 3.05) is 44.7 Å². The van der Waals surface area contributed by atoms with Crippen molar-refractivity contribution < 1.29 is 23.7 Å². The largest absolute Gasteiger partial charge is 0.493 e. The molecule has 2 aromatic heterocycles. The second-order valence-corrected chi connectivity index (χ2v) is 7.46. The number of nitrogens with zero attached hydrogens (tertiary/aromatic N) is 4. The number of aryl methyl sites for hydroxylation is 1. The Bertz CT molecular complexity index is 1090. The van der Waals surface area contributed by atoms with E-state index in [-0.39, 0.29) is 6.09 Å². The lowest BCUT2D eigenvalue weighted by Gasteiger charge is -2.14. The lowest BCUT2D eigenvalue weighted by molar-refractivity contribution is 0.181. The third-order valence-electron chi connectivity index (χ3n) is 4.59. The van der Waals surface area contributed by atoms with Gasteiger partial charge in [-0.05, 0) is 13.0 Å². The molecule has 1 aromatic carbocycles. The van der Waals surface area contributed by atoms with E-state index in [4.69, 9.17) is 18.9 Å². The second kappa shape index (κ2) is 8.64. The molecule has 1 N–H and O–H groups in total. The van der Waals surface area contributed by atoms with Gasteiger partial charge >= 0.3 is 6.09 Å². The highest BCUT2D eigenvalue weighted by molar-refractivity contribution is 7.19. The lowest BCUT2D eigenvalue weighted by atomic mass is 10.2. The summed E-state index contributed by atoms with van der Waals surface area (Å²) in [6.07, 6.45) is 1.28. The molecule has 3 aromatic rings. The van der Waals surface area contributed by atoms with E-state index in [0.717, 1.165) is 10.6 Å². The van der Waals surface area contributed by atoms with E-state index in [1.54, 1.807) is 45.7 Å². The van der Waals surface area contributed by atoms with Crippen LogP contribution in [0.2, 0.25) is 0 Å². The van der Waals surface area contributed by atoms with E-state index in [1.165, 1.54) is 16.2 Å². The van der Waals surface area contributed by atoms with E-state index in [2.05, 4.69) is 20.3 Å². The Balaban J connectivity index is 1.63. The smallest absolute Gasteiger partial charge is 0.416 e. The number of anilines is 3. The topological polar surface area (TPSA) is 108 Å². The summed E-state index contributed by atoms with van der Waals surface area (Å²) >= 11 is 1.39. The maximum absolute atomic E-state index is 11.8. The summed E-state index contributed by atoms with van der Waals surface area (Å²) in [7, 11) is 4.66. The third-order valence-corrected chi connectivity index (χ3v) is 5.79. The van der Waals surface area contributed by atoms with Crippen LogP contribution in [0.15, 0.2) is 24.4 Å². The van der Waals surface area contributed by atoms with Gasteiger partial charge in [0.1, 0.15) is 6.61 Å². The molecule has 11 heteroatoms. The molecule has 0 spiro atoms. The van der Waals surface area contributed by atoms with Crippen LogP contribution in [0.3, 0.4) is 0 Å². The molecule has 3 heterocycles. The highest BCUT2D eigenvalue weighted by atomic mass is 32.1. The summed E-state index contributed by atoms with van der Waals surface area (Å²) < 4.78 is 21.1. The number of carbonyl (C=O) groups excluding carboxylic acids is 1. The van der Waals surface area contributed by atoms with Gasteiger partial charge in [0.05, 0.1) is 44.1 Å². The Morgan fingerprint density at radius 1 is 1.13 bits per heavy atom. The van der Waals surface area contributed by atoms with Crippen molar-refractivity contribution in [3.8, 4) is 27.8 Å². The number of nitrogens with one attached hydrogen (secondary N) is 1. The molecule has 4 rings (SSSR count). The normalized spacial score (nSPS) is 13.2. The predicted octanol–water partition coefficient (Wildman–Crippen LogP) is 3.63. The minimum Gasteiger partial charge on any atom is -0.493 e. The number of cyclic esters (lactones) is 1. The maximum Gasteiger partial charge on any atom is 0.416 e. The standard InChI is InChI=1S/C20H21N5O5S/c1-11-17(31-19(22-11)25-7-8-30-20(25)26)13-5-6-21-18(24-13)23-12-9-14(27-2)16(29-4)15(10-12)28-3/h5-6,9-10H,7-8H2,1-4H3,(H,21,23,24). The number of methoxy groups -OCH3 is 3. The van der Waals surface area contributed by atoms with Crippen molar-refractivity contribution in [1.29, 1.82) is 0 Å². The zero-order valence-electron chi connectivity index (χ0n) is 17.5. The van der Waals surface area contributed by atoms with Gasteiger partial charge in [-0.15, -0.1) is 0 Å². The van der Waals surface area contributed by atoms with Gasteiger partial charge in [-0.2, -0.15) is 0 Å². The van der Waals surface area contributed by atoms with Crippen molar-refractivity contribution in [2.24, 2.45) is 0 Å². The monoisotopic (exact) mass is 443 g/mol. The zero-order chi connectivity index (χ0) is 22.0. The SMILES string of the molecule is COc1cc(Nc2nccc(-c3sc(N4CCOC4=O)nc3C)n2)cc(OC)c1OC. The Labute approximate surface area is 182 Å². The van der Waals surface area contributed by atoms with Crippen molar-refractivity contribution in [3.63, 3.8) is 0 Å². The Hall–Kier alpha value is -3.60. The van der Waals surface area contributed by atoms with Gasteiger partial charge in [-0.3, -0.25) is 0 Å². The molecule has 1 aliphatic heterocycles. The number of amides is 1. The van der Waals surface area contributed by atoms with E-state index >= 15 is 0 Å². The van der Waals surface area contributed by atoms with Crippen molar-refractivity contribution >= 4 is 34.2 Å². The highest BCUT2D eigenvalue weighted by Gasteiger charge is 2.27. The van der Waals surface area contributed by atoms with Crippen LogP contribution in [0, 0.1) is 6.92 Å². The first kappa shape index (κ1) is 20.7. The first-order chi connectivity index (χ1) is 15.0. The van der Waals surface area contributed by atoms with Gasteiger partial charge < -0.3 is 24.3 Å². The molecule has 162 valence electrons. The molecule has 0 saturated carbocycles. The summed E-state index contributed by atoms with van der Waals surface area (Å²) in [6, 6.07) is 5.34. The number of hydrogen-bond donors (Lipinski definition) is 1. The average Bonchev–Trinajstić information content (AvgIpc) is 3.38. The van der Waals surface area contributed by atoms with E-state index in [0.29, 0.717) is 52.9 Å². The molecule has 0 radical (unpaired) electrons. The Morgan fingerprint density at radius 3 is 2.48 bits per heavy atom. The second-order valence-electron chi connectivity index (χ2n) is 6.48. The molecule has 1 amide bonds. The van der Waals surface area contributed by atoms with Crippen molar-refractivity contribution in [3.05, 3.63) is 30.1 Å². The molecule has 10 nitrogen and oxygen atoms in total. The van der Waals surface area contributed by atoms with Crippen molar-refractivity contribution in [2.45, 2.75) is 6.92 Å². The first-order valence-corrected chi connectivity index (χ1v) is 10.2. The van der Waals surface area contributed by atoms with Crippen LogP contribution in [0.1, 0.15) is 5.69 Å². The van der Waals surface area contributed by atoms with Crippen molar-refractivity contribution in [1.82, 2.24) is 15.0 Å². The summed E-state index contributed by atoms with van der Waals surface area (Å²) in [4.78, 5) is 27.7. The van der Waals surface area contributed by atoms with Crippen LogP contribution < -0.4 is 24.4 Å². The van der Waals surface area contributed by atoms with E-state index < -0.39 is 0 Å². The van der Waals surface area contributed by atoms with Crippen LogP contribution in [-0.2, 0) is 4.74 Å². The minimum atomic E-state index is -0.382. The minimum absolute atomic E-state index is 0.364. The summed E-state index contributed by atoms with van der Waals surface area (Å²) in [5.41, 5.74) is 2.14. The number of carbonyl (C=O) groups is 1. The molecular formula is C20H21N5O5S. The fourth-order valence-electron chi connectivity index (χ4n) is 3.13. The number of rotatable bonds is 7. The van der Waals surface area contributed by atoms with Gasteiger partial charge in [0, 0.05) is 24.0 Å². The van der Waals surface area contributed by atoms with Crippen LogP contribution in [0.25, 0.3) is 10.6 Å². The quantitative estimate of drug-likeness (QED) is 0.585. The third kappa shape index (κ3) is 4.04. The Kier molecular flexibility index (Phi) is 5.76.